The molecule has 0 unspecified atom stereocenters. The summed E-state index contributed by atoms with van der Waals surface area (Å²) in [6, 6.07) is 12.2. The third-order valence-electron chi connectivity index (χ3n) is 7.89. The number of anilines is 1. The Morgan fingerprint density at radius 2 is 1.72 bits per heavy atom. The number of aliphatic imine (C=N–C) groups is 1. The van der Waals surface area contributed by atoms with Gasteiger partial charge in [-0.2, -0.15) is 0 Å². The fourth-order valence-electron chi connectivity index (χ4n) is 5.68. The molecular formula is C36H45ClN4O4S. The van der Waals surface area contributed by atoms with Crippen LogP contribution in [0.4, 0.5) is 10.5 Å². The first-order valence-electron chi connectivity index (χ1n) is 15.7. The van der Waals surface area contributed by atoms with Gasteiger partial charge in [-0.3, -0.25) is 4.72 Å². The SMILES string of the molecule is C=C(/N=C1/C(CC)=CC(c2ccc(NS(=O)(=O)c3ccccc3Cl)cc2C)=C/C1=C/C)N[C@H]1CC[C@H](NC(=O)OC(C)(C)C)CC1. The van der Waals surface area contributed by atoms with E-state index in [1.807, 2.05) is 52.8 Å². The third kappa shape index (κ3) is 9.13. The Labute approximate surface area is 278 Å². The number of sulfonamides is 1. The van der Waals surface area contributed by atoms with Gasteiger partial charge in [-0.05, 0) is 131 Å². The monoisotopic (exact) mass is 664 g/mol. The first-order valence-corrected chi connectivity index (χ1v) is 17.6. The Balaban J connectivity index is 1.43. The highest BCUT2D eigenvalue weighted by molar-refractivity contribution is 7.92. The van der Waals surface area contributed by atoms with Gasteiger partial charge in [-0.25, -0.2) is 18.2 Å². The zero-order valence-corrected chi connectivity index (χ0v) is 29.1. The van der Waals surface area contributed by atoms with Gasteiger partial charge in [0.2, 0.25) is 0 Å². The van der Waals surface area contributed by atoms with E-state index < -0.39 is 15.6 Å². The fraction of sp³-hybridized carbons (Fsp3) is 0.389. The maximum atomic E-state index is 13.0. The van der Waals surface area contributed by atoms with Gasteiger partial charge < -0.3 is 15.4 Å². The molecule has 1 amide bonds. The van der Waals surface area contributed by atoms with E-state index >= 15 is 0 Å². The molecule has 0 aromatic heterocycles. The van der Waals surface area contributed by atoms with Gasteiger partial charge >= 0.3 is 6.09 Å². The summed E-state index contributed by atoms with van der Waals surface area (Å²) in [5.41, 5.74) is 5.85. The number of carbonyl (C=O) groups is 1. The van der Waals surface area contributed by atoms with Crippen molar-refractivity contribution < 1.29 is 17.9 Å². The summed E-state index contributed by atoms with van der Waals surface area (Å²) in [7, 11) is -3.84. The van der Waals surface area contributed by atoms with E-state index in [1.165, 1.54) is 6.07 Å². The van der Waals surface area contributed by atoms with Crippen LogP contribution in [0.5, 0.6) is 0 Å². The molecule has 0 radical (unpaired) electrons. The van der Waals surface area contributed by atoms with Crippen LogP contribution in [0.25, 0.3) is 5.57 Å². The summed E-state index contributed by atoms with van der Waals surface area (Å²) >= 11 is 6.14. The summed E-state index contributed by atoms with van der Waals surface area (Å²) in [4.78, 5) is 17.1. The average molecular weight is 665 g/mol. The summed E-state index contributed by atoms with van der Waals surface area (Å²) in [5, 5.41) is 6.65. The van der Waals surface area contributed by atoms with Crippen LogP contribution >= 0.6 is 11.6 Å². The van der Waals surface area contributed by atoms with Crippen LogP contribution in [0, 0.1) is 6.92 Å². The van der Waals surface area contributed by atoms with Crippen molar-refractivity contribution in [2.24, 2.45) is 4.99 Å². The van der Waals surface area contributed by atoms with Crippen LogP contribution in [-0.2, 0) is 14.8 Å². The molecule has 0 bridgehead atoms. The van der Waals surface area contributed by atoms with E-state index in [2.05, 4.69) is 41.0 Å². The standard InChI is InChI=1S/C36H45ClN4O4S/c1-8-25-21-27(31-19-18-30(20-23(31)3)41-46(43,44)33-13-11-10-12-32(33)37)22-26(9-2)34(25)39-24(4)38-28-14-16-29(17-15-28)40-35(42)45-36(5,6)7/h8,10-13,18-22,28-29,38,41H,4,9,14-17H2,1-3,5-7H3,(H,40,42)/b25-8-,39-34+/t28-,29-. The summed E-state index contributed by atoms with van der Waals surface area (Å²) in [5.74, 6) is 0.612. The van der Waals surface area contributed by atoms with E-state index in [4.69, 9.17) is 21.3 Å². The van der Waals surface area contributed by atoms with E-state index in [1.54, 1.807) is 24.3 Å². The molecule has 1 fully saturated rings. The normalized spacial score (nSPS) is 20.5. The molecule has 0 aliphatic heterocycles. The van der Waals surface area contributed by atoms with E-state index in [9.17, 15) is 13.2 Å². The second-order valence-corrected chi connectivity index (χ2v) is 14.7. The maximum absolute atomic E-state index is 13.0. The van der Waals surface area contributed by atoms with Crippen LogP contribution in [0.1, 0.15) is 77.8 Å². The third-order valence-corrected chi connectivity index (χ3v) is 9.77. The van der Waals surface area contributed by atoms with Gasteiger partial charge in [0.1, 0.15) is 16.3 Å². The van der Waals surface area contributed by atoms with Crippen LogP contribution in [0.15, 0.2) is 94.1 Å². The lowest BCUT2D eigenvalue weighted by molar-refractivity contribution is 0.0490. The predicted octanol–water partition coefficient (Wildman–Crippen LogP) is 8.47. The smallest absolute Gasteiger partial charge is 0.407 e. The zero-order chi connectivity index (χ0) is 33.6. The molecule has 2 aromatic rings. The van der Waals surface area contributed by atoms with Crippen LogP contribution in [-0.4, -0.2) is 37.9 Å². The molecular weight excluding hydrogens is 620 g/mol. The molecule has 46 heavy (non-hydrogen) atoms. The number of nitrogens with one attached hydrogen (secondary N) is 3. The van der Waals surface area contributed by atoms with Crippen LogP contribution in [0.2, 0.25) is 5.02 Å². The fourth-order valence-corrected chi connectivity index (χ4v) is 7.25. The predicted molar refractivity (Wildman–Crippen MR) is 189 cm³/mol. The van der Waals surface area contributed by atoms with Gasteiger partial charge in [-0.1, -0.05) is 49.4 Å². The molecule has 10 heteroatoms. The van der Waals surface area contributed by atoms with E-state index in [-0.39, 0.29) is 28.1 Å². The van der Waals surface area contributed by atoms with Crippen LogP contribution < -0.4 is 15.4 Å². The highest BCUT2D eigenvalue weighted by Crippen LogP contribution is 2.33. The molecule has 4 rings (SSSR count). The number of ether oxygens (including phenoxy) is 1. The Morgan fingerprint density at radius 1 is 1.07 bits per heavy atom. The highest BCUT2D eigenvalue weighted by atomic mass is 35.5. The van der Waals surface area contributed by atoms with Crippen LogP contribution in [0.3, 0.4) is 0 Å². The van der Waals surface area contributed by atoms with Gasteiger partial charge in [0.25, 0.3) is 10.0 Å². The lowest BCUT2D eigenvalue weighted by atomic mass is 9.87. The maximum Gasteiger partial charge on any atom is 0.407 e. The topological polar surface area (TPSA) is 109 Å². The molecule has 2 aromatic carbocycles. The Bertz CT molecular complexity index is 1710. The molecule has 0 saturated heterocycles. The number of alkyl carbamates (subject to hydrolysis) is 1. The minimum absolute atomic E-state index is 0.0346. The van der Waals surface area contributed by atoms with Gasteiger partial charge in [0.15, 0.2) is 0 Å². The number of benzene rings is 2. The molecule has 0 atom stereocenters. The van der Waals surface area contributed by atoms with Crippen molar-refractivity contribution in [1.29, 1.82) is 0 Å². The lowest BCUT2D eigenvalue weighted by Gasteiger charge is -2.31. The average Bonchev–Trinajstić information content (AvgIpc) is 2.97. The number of hydrogen-bond acceptors (Lipinski definition) is 6. The van der Waals surface area contributed by atoms with Crippen molar-refractivity contribution in [3.63, 3.8) is 0 Å². The number of amides is 1. The van der Waals surface area contributed by atoms with Gasteiger partial charge in [0, 0.05) is 17.8 Å². The van der Waals surface area contributed by atoms with E-state index in [0.717, 1.165) is 65.7 Å². The quantitative estimate of drug-likeness (QED) is 0.249. The Morgan fingerprint density at radius 3 is 2.30 bits per heavy atom. The first-order chi connectivity index (χ1) is 21.7. The van der Waals surface area contributed by atoms with Crippen molar-refractivity contribution in [1.82, 2.24) is 10.6 Å². The molecule has 0 spiro atoms. The number of halogens is 1. The number of carbonyl (C=O) groups excluding carboxylic acids is 1. The largest absolute Gasteiger partial charge is 0.444 e. The lowest BCUT2D eigenvalue weighted by Crippen LogP contribution is -2.43. The molecule has 2 aliphatic rings. The second-order valence-electron chi connectivity index (χ2n) is 12.7. The molecule has 8 nitrogen and oxygen atoms in total. The number of hydrogen-bond donors (Lipinski definition) is 3. The van der Waals surface area contributed by atoms with Crippen molar-refractivity contribution in [2.75, 3.05) is 4.72 Å². The molecule has 246 valence electrons. The molecule has 1 saturated carbocycles. The minimum Gasteiger partial charge on any atom is -0.444 e. The Hall–Kier alpha value is -3.82. The number of rotatable bonds is 9. The van der Waals surface area contributed by atoms with Crippen molar-refractivity contribution in [3.8, 4) is 0 Å². The van der Waals surface area contributed by atoms with Crippen molar-refractivity contribution >= 4 is 44.7 Å². The number of aryl methyl sites for hydroxylation is 1. The van der Waals surface area contributed by atoms with E-state index in [0.29, 0.717) is 11.5 Å². The number of allylic oxidation sites excluding steroid dienone is 6. The molecule has 2 aliphatic carbocycles. The molecule has 0 heterocycles. The second kappa shape index (κ2) is 14.7. The highest BCUT2D eigenvalue weighted by Gasteiger charge is 2.26. The Kier molecular flexibility index (Phi) is 11.2. The summed E-state index contributed by atoms with van der Waals surface area (Å²) < 4.78 is 34.0. The first kappa shape index (κ1) is 35.0. The molecule has 3 N–H and O–H groups in total. The zero-order valence-electron chi connectivity index (χ0n) is 27.5. The minimum atomic E-state index is -3.84. The number of nitrogens with zero attached hydrogens (tertiary/aromatic N) is 1. The van der Waals surface area contributed by atoms with Gasteiger partial charge in [0.05, 0.1) is 10.7 Å². The van der Waals surface area contributed by atoms with Crippen molar-refractivity contribution in [2.45, 2.75) is 96.2 Å². The summed E-state index contributed by atoms with van der Waals surface area (Å²) in [6.07, 6.45) is 10.2. The van der Waals surface area contributed by atoms with Gasteiger partial charge in [-0.15, -0.1) is 0 Å². The summed E-state index contributed by atoms with van der Waals surface area (Å²) in [6.45, 7) is 15.9. The van der Waals surface area contributed by atoms with Crippen molar-refractivity contribution in [3.05, 3.63) is 100 Å².